The molecule has 0 aliphatic heterocycles. The molecule has 9 heteroatoms. The number of aliphatic carboxylic acids is 1. The molecular formula is C12H17N3O6. The lowest BCUT2D eigenvalue weighted by molar-refractivity contribution is -0.384. The number of hydrogen-bond acceptors (Lipinski definition) is 5. The van der Waals surface area contributed by atoms with E-state index in [2.05, 4.69) is 5.32 Å². The maximum Gasteiger partial charge on any atom is 0.328 e. The van der Waals surface area contributed by atoms with E-state index in [0.29, 0.717) is 13.0 Å². The molecule has 1 unspecified atom stereocenters. The number of hydrogen-bond donors (Lipinski definition) is 2. The third kappa shape index (κ3) is 4.28. The van der Waals surface area contributed by atoms with Crippen LogP contribution in [-0.4, -0.2) is 46.2 Å². The molecule has 0 aliphatic carbocycles. The van der Waals surface area contributed by atoms with Gasteiger partial charge in [-0.3, -0.25) is 14.9 Å². The van der Waals surface area contributed by atoms with Crippen molar-refractivity contribution in [3.05, 3.63) is 28.1 Å². The van der Waals surface area contributed by atoms with Gasteiger partial charge in [-0.1, -0.05) is 6.92 Å². The minimum Gasteiger partial charge on any atom is -0.480 e. The number of carbonyl (C=O) groups is 2. The van der Waals surface area contributed by atoms with E-state index in [1.54, 1.807) is 0 Å². The van der Waals surface area contributed by atoms with E-state index in [-0.39, 0.29) is 18.0 Å². The predicted molar refractivity (Wildman–Crippen MR) is 72.1 cm³/mol. The van der Waals surface area contributed by atoms with Crippen molar-refractivity contribution in [2.75, 3.05) is 13.7 Å². The number of nitrogens with one attached hydrogen (secondary N) is 1. The highest BCUT2D eigenvalue weighted by atomic mass is 16.6. The molecule has 2 N–H and O–H groups in total. The molecule has 1 aromatic rings. The van der Waals surface area contributed by atoms with Crippen LogP contribution in [0.4, 0.5) is 5.69 Å². The molecule has 9 nitrogen and oxygen atoms in total. The second-order valence-electron chi connectivity index (χ2n) is 4.35. The first-order chi connectivity index (χ1) is 9.90. The van der Waals surface area contributed by atoms with Gasteiger partial charge >= 0.3 is 5.97 Å². The molecule has 0 aromatic carbocycles. The number of methoxy groups -OCH3 is 1. The summed E-state index contributed by atoms with van der Waals surface area (Å²) >= 11 is 0. The van der Waals surface area contributed by atoms with Crippen LogP contribution in [0.5, 0.6) is 0 Å². The standard InChI is InChI=1S/C12H17N3O6/c1-3-4-14-6-8(15(19)20)5-10(14)11(16)13-9(7-21-2)12(17)18/h5-6,9H,3-4,7H2,1-2H3,(H,13,16)(H,17,18). The fourth-order valence-corrected chi connectivity index (χ4v) is 1.78. The zero-order valence-electron chi connectivity index (χ0n) is 11.7. The van der Waals surface area contributed by atoms with Gasteiger partial charge < -0.3 is 19.7 Å². The summed E-state index contributed by atoms with van der Waals surface area (Å²) in [6.45, 7) is 2.08. The van der Waals surface area contributed by atoms with E-state index >= 15 is 0 Å². The van der Waals surface area contributed by atoms with Crippen LogP contribution in [0.3, 0.4) is 0 Å². The first-order valence-corrected chi connectivity index (χ1v) is 6.27. The van der Waals surface area contributed by atoms with E-state index in [9.17, 15) is 19.7 Å². The fraction of sp³-hybridized carbons (Fsp3) is 0.500. The summed E-state index contributed by atoms with van der Waals surface area (Å²) in [6.07, 6.45) is 1.93. The number of carboxylic acids is 1. The van der Waals surface area contributed by atoms with Gasteiger partial charge in [-0.05, 0) is 6.42 Å². The molecule has 0 radical (unpaired) electrons. The number of aromatic nitrogens is 1. The van der Waals surface area contributed by atoms with Crippen molar-refractivity contribution in [1.82, 2.24) is 9.88 Å². The van der Waals surface area contributed by atoms with Gasteiger partial charge in [0.1, 0.15) is 5.69 Å². The number of amides is 1. The molecule has 21 heavy (non-hydrogen) atoms. The molecule has 1 amide bonds. The van der Waals surface area contributed by atoms with Crippen molar-refractivity contribution in [3.8, 4) is 0 Å². The number of nitrogens with zero attached hydrogens (tertiary/aromatic N) is 2. The number of rotatable bonds is 8. The molecule has 1 heterocycles. The second kappa shape index (κ2) is 7.39. The zero-order valence-corrected chi connectivity index (χ0v) is 11.7. The minimum absolute atomic E-state index is 0.0471. The summed E-state index contributed by atoms with van der Waals surface area (Å²) < 4.78 is 6.14. The Balaban J connectivity index is 2.99. The average molecular weight is 299 g/mol. The summed E-state index contributed by atoms with van der Waals surface area (Å²) in [5, 5.41) is 22.0. The van der Waals surface area contributed by atoms with E-state index in [4.69, 9.17) is 9.84 Å². The Bertz CT molecular complexity index is 539. The SMILES string of the molecule is CCCn1cc([N+](=O)[O-])cc1C(=O)NC(COC)C(=O)O. The Morgan fingerprint density at radius 2 is 2.24 bits per heavy atom. The molecule has 1 aromatic heterocycles. The Kier molecular flexibility index (Phi) is 5.85. The summed E-state index contributed by atoms with van der Waals surface area (Å²) in [5.41, 5.74) is -0.168. The number of nitro groups is 1. The third-order valence-electron chi connectivity index (χ3n) is 2.73. The van der Waals surface area contributed by atoms with Gasteiger partial charge in [-0.2, -0.15) is 0 Å². The van der Waals surface area contributed by atoms with E-state index in [1.165, 1.54) is 17.9 Å². The minimum atomic E-state index is -1.24. The number of carbonyl (C=O) groups excluding carboxylic acids is 1. The van der Waals surface area contributed by atoms with Gasteiger partial charge in [0, 0.05) is 19.7 Å². The monoisotopic (exact) mass is 299 g/mol. The molecular weight excluding hydrogens is 282 g/mol. The van der Waals surface area contributed by atoms with E-state index in [1.807, 2.05) is 6.92 Å². The van der Waals surface area contributed by atoms with Crippen LogP contribution in [0.2, 0.25) is 0 Å². The molecule has 0 bridgehead atoms. The molecule has 1 atom stereocenters. The van der Waals surface area contributed by atoms with Crippen LogP contribution in [0.25, 0.3) is 0 Å². The molecule has 116 valence electrons. The van der Waals surface area contributed by atoms with Gasteiger partial charge in [-0.15, -0.1) is 0 Å². The number of aryl methyl sites for hydroxylation is 1. The van der Waals surface area contributed by atoms with Crippen LogP contribution < -0.4 is 5.32 Å². The highest BCUT2D eigenvalue weighted by molar-refractivity contribution is 5.96. The Morgan fingerprint density at radius 3 is 2.71 bits per heavy atom. The molecule has 0 spiro atoms. The topological polar surface area (TPSA) is 124 Å². The van der Waals surface area contributed by atoms with Crippen molar-refractivity contribution in [2.24, 2.45) is 0 Å². The number of ether oxygens (including phenoxy) is 1. The Labute approximate surface area is 120 Å². The molecule has 0 saturated heterocycles. The summed E-state index contributed by atoms with van der Waals surface area (Å²) in [7, 11) is 1.31. The first kappa shape index (κ1) is 16.6. The van der Waals surface area contributed by atoms with Gasteiger partial charge in [0.05, 0.1) is 17.7 Å². The number of carboxylic acid groups (broad SMARTS) is 1. The molecule has 0 saturated carbocycles. The Morgan fingerprint density at radius 1 is 1.57 bits per heavy atom. The smallest absolute Gasteiger partial charge is 0.328 e. The van der Waals surface area contributed by atoms with Crippen LogP contribution in [-0.2, 0) is 16.1 Å². The lowest BCUT2D eigenvalue weighted by Crippen LogP contribution is -2.44. The lowest BCUT2D eigenvalue weighted by atomic mass is 10.3. The van der Waals surface area contributed by atoms with Gasteiger partial charge in [0.2, 0.25) is 0 Å². The summed E-state index contributed by atoms with van der Waals surface area (Å²) in [4.78, 5) is 33.2. The van der Waals surface area contributed by atoms with Gasteiger partial charge in [-0.25, -0.2) is 4.79 Å². The predicted octanol–water partition coefficient (Wildman–Crippen LogP) is 0.636. The quantitative estimate of drug-likeness (QED) is 0.536. The van der Waals surface area contributed by atoms with Gasteiger partial charge in [0.25, 0.3) is 11.6 Å². The van der Waals surface area contributed by atoms with Gasteiger partial charge in [0.15, 0.2) is 6.04 Å². The van der Waals surface area contributed by atoms with E-state index < -0.39 is 22.8 Å². The molecule has 0 aliphatic rings. The highest BCUT2D eigenvalue weighted by Crippen LogP contribution is 2.17. The van der Waals surface area contributed by atoms with Crippen molar-refractivity contribution < 1.29 is 24.4 Å². The first-order valence-electron chi connectivity index (χ1n) is 6.27. The van der Waals surface area contributed by atoms with Crippen molar-refractivity contribution in [1.29, 1.82) is 0 Å². The van der Waals surface area contributed by atoms with Crippen LogP contribution in [0.1, 0.15) is 23.8 Å². The van der Waals surface area contributed by atoms with Crippen LogP contribution >= 0.6 is 0 Å². The lowest BCUT2D eigenvalue weighted by Gasteiger charge is -2.14. The van der Waals surface area contributed by atoms with Crippen LogP contribution in [0.15, 0.2) is 12.3 Å². The molecule has 0 fully saturated rings. The largest absolute Gasteiger partial charge is 0.480 e. The molecule has 1 rings (SSSR count). The van der Waals surface area contributed by atoms with E-state index in [0.717, 1.165) is 6.07 Å². The fourth-order valence-electron chi connectivity index (χ4n) is 1.78. The maximum atomic E-state index is 12.1. The van der Waals surface area contributed by atoms with Crippen LogP contribution in [0, 0.1) is 10.1 Å². The Hall–Kier alpha value is -2.42. The van der Waals surface area contributed by atoms with Crippen molar-refractivity contribution in [2.45, 2.75) is 25.9 Å². The summed E-state index contributed by atoms with van der Waals surface area (Å²) in [6, 6.07) is -0.0944. The van der Waals surface area contributed by atoms with Crippen molar-refractivity contribution >= 4 is 17.6 Å². The normalized spacial score (nSPS) is 11.9. The maximum absolute atomic E-state index is 12.1. The highest BCUT2D eigenvalue weighted by Gasteiger charge is 2.24. The van der Waals surface area contributed by atoms with Crippen molar-refractivity contribution in [3.63, 3.8) is 0 Å². The zero-order chi connectivity index (χ0) is 16.0. The third-order valence-corrected chi connectivity index (χ3v) is 2.73. The summed E-state index contributed by atoms with van der Waals surface area (Å²) in [5.74, 6) is -1.94. The second-order valence-corrected chi connectivity index (χ2v) is 4.35. The average Bonchev–Trinajstić information content (AvgIpc) is 2.82.